The van der Waals surface area contributed by atoms with Crippen LogP contribution in [-0.4, -0.2) is 11.0 Å². The molecule has 1 heterocycles. The molecule has 2 N–H and O–H groups in total. The molecule has 2 heteroatoms. The monoisotopic (exact) mass is 192 g/mol. The number of hydrogen-bond acceptors (Lipinski definition) is 2. The van der Waals surface area contributed by atoms with E-state index in [1.807, 2.05) is 13.1 Å². The molecule has 14 heavy (non-hydrogen) atoms. The number of hydrogen-bond donors (Lipinski definition) is 1. The van der Waals surface area contributed by atoms with Crippen LogP contribution in [0.4, 0.5) is 0 Å². The molecule has 0 spiro atoms. The molecule has 2 nitrogen and oxygen atoms in total. The van der Waals surface area contributed by atoms with Gasteiger partial charge in [-0.1, -0.05) is 19.9 Å². The Bertz CT molecular complexity index is 264. The minimum atomic E-state index is 0.239. The zero-order valence-corrected chi connectivity index (χ0v) is 9.33. The van der Waals surface area contributed by atoms with Crippen LogP contribution in [-0.2, 0) is 12.8 Å². The summed E-state index contributed by atoms with van der Waals surface area (Å²) in [5.74, 6) is 0.495. The molecule has 0 saturated heterocycles. The van der Waals surface area contributed by atoms with Gasteiger partial charge in [-0.05, 0) is 37.3 Å². The fraction of sp³-hybridized carbons (Fsp3) is 0.583. The SMILES string of the molecule is CCc1ccc(CC(C)C(C)N)nc1. The highest BCUT2D eigenvalue weighted by Gasteiger charge is 2.08. The first kappa shape index (κ1) is 11.2. The van der Waals surface area contributed by atoms with Crippen LogP contribution >= 0.6 is 0 Å². The zero-order valence-electron chi connectivity index (χ0n) is 9.33. The Hall–Kier alpha value is -0.890. The van der Waals surface area contributed by atoms with Crippen molar-refractivity contribution < 1.29 is 0 Å². The van der Waals surface area contributed by atoms with Crippen molar-refractivity contribution >= 4 is 0 Å². The molecule has 2 atom stereocenters. The summed E-state index contributed by atoms with van der Waals surface area (Å²) in [7, 11) is 0. The molecule has 0 amide bonds. The largest absolute Gasteiger partial charge is 0.328 e. The lowest BCUT2D eigenvalue weighted by Gasteiger charge is -2.14. The Kier molecular flexibility index (Phi) is 4.08. The van der Waals surface area contributed by atoms with E-state index in [4.69, 9.17) is 5.73 Å². The summed E-state index contributed by atoms with van der Waals surface area (Å²) >= 11 is 0. The van der Waals surface area contributed by atoms with Gasteiger partial charge in [0, 0.05) is 17.9 Å². The van der Waals surface area contributed by atoms with Gasteiger partial charge >= 0.3 is 0 Å². The molecule has 0 aliphatic rings. The molecule has 0 fully saturated rings. The van der Waals surface area contributed by atoms with Gasteiger partial charge in [0.25, 0.3) is 0 Å². The number of pyridine rings is 1. The van der Waals surface area contributed by atoms with E-state index < -0.39 is 0 Å². The Morgan fingerprint density at radius 3 is 2.50 bits per heavy atom. The van der Waals surface area contributed by atoms with Crippen LogP contribution < -0.4 is 5.73 Å². The fourth-order valence-electron chi connectivity index (χ4n) is 1.30. The third kappa shape index (κ3) is 3.11. The highest BCUT2D eigenvalue weighted by molar-refractivity contribution is 5.14. The average molecular weight is 192 g/mol. The van der Waals surface area contributed by atoms with Gasteiger partial charge in [0.2, 0.25) is 0 Å². The predicted molar refractivity (Wildman–Crippen MR) is 60.1 cm³/mol. The second kappa shape index (κ2) is 5.11. The summed E-state index contributed by atoms with van der Waals surface area (Å²) < 4.78 is 0. The molecule has 1 aromatic heterocycles. The highest BCUT2D eigenvalue weighted by atomic mass is 14.7. The predicted octanol–water partition coefficient (Wildman–Crippen LogP) is 2.17. The summed E-state index contributed by atoms with van der Waals surface area (Å²) in [6, 6.07) is 4.50. The van der Waals surface area contributed by atoms with E-state index in [-0.39, 0.29) is 6.04 Å². The molecular weight excluding hydrogens is 172 g/mol. The summed E-state index contributed by atoms with van der Waals surface area (Å²) in [4.78, 5) is 4.42. The van der Waals surface area contributed by atoms with Crippen molar-refractivity contribution in [2.24, 2.45) is 11.7 Å². The summed E-state index contributed by atoms with van der Waals surface area (Å²) in [6.45, 7) is 6.35. The molecule has 0 radical (unpaired) electrons. The molecule has 2 unspecified atom stereocenters. The van der Waals surface area contributed by atoms with Crippen LogP contribution in [0.2, 0.25) is 0 Å². The maximum Gasteiger partial charge on any atom is 0.0407 e. The van der Waals surface area contributed by atoms with Gasteiger partial charge in [0.05, 0.1) is 0 Å². The lowest BCUT2D eigenvalue weighted by Crippen LogP contribution is -2.26. The molecule has 0 bridgehead atoms. The van der Waals surface area contributed by atoms with Gasteiger partial charge in [0.1, 0.15) is 0 Å². The van der Waals surface area contributed by atoms with Crippen molar-refractivity contribution in [1.29, 1.82) is 0 Å². The third-order valence-electron chi connectivity index (χ3n) is 2.72. The molecule has 1 aromatic rings. The van der Waals surface area contributed by atoms with Gasteiger partial charge in [-0.25, -0.2) is 0 Å². The van der Waals surface area contributed by atoms with Crippen molar-refractivity contribution in [3.63, 3.8) is 0 Å². The van der Waals surface area contributed by atoms with Crippen molar-refractivity contribution in [3.05, 3.63) is 29.6 Å². The Balaban J connectivity index is 2.59. The van der Waals surface area contributed by atoms with Crippen molar-refractivity contribution in [1.82, 2.24) is 4.98 Å². The van der Waals surface area contributed by atoms with Gasteiger partial charge < -0.3 is 5.73 Å². The molecule has 0 aromatic carbocycles. The standard InChI is InChI=1S/C12H20N2/c1-4-11-5-6-12(14-8-11)7-9(2)10(3)13/h5-6,8-10H,4,7,13H2,1-3H3. The summed E-state index contributed by atoms with van der Waals surface area (Å²) in [6.07, 6.45) is 3.99. The minimum absolute atomic E-state index is 0.239. The van der Waals surface area contributed by atoms with E-state index in [2.05, 4.69) is 31.0 Å². The first-order valence-corrected chi connectivity index (χ1v) is 5.32. The quantitative estimate of drug-likeness (QED) is 0.794. The molecule has 1 rings (SSSR count). The number of aryl methyl sites for hydroxylation is 1. The summed E-state index contributed by atoms with van der Waals surface area (Å²) in [5.41, 5.74) is 8.25. The number of nitrogens with zero attached hydrogens (tertiary/aromatic N) is 1. The highest BCUT2D eigenvalue weighted by Crippen LogP contribution is 2.09. The maximum atomic E-state index is 5.81. The molecule has 0 aliphatic carbocycles. The fourth-order valence-corrected chi connectivity index (χ4v) is 1.30. The lowest BCUT2D eigenvalue weighted by atomic mass is 9.98. The number of nitrogens with two attached hydrogens (primary N) is 1. The van der Waals surface area contributed by atoms with Crippen LogP contribution in [0.3, 0.4) is 0 Å². The van der Waals surface area contributed by atoms with Crippen molar-refractivity contribution in [3.8, 4) is 0 Å². The van der Waals surface area contributed by atoms with Crippen LogP contribution in [0.5, 0.6) is 0 Å². The normalized spacial score (nSPS) is 15.1. The van der Waals surface area contributed by atoms with E-state index in [0.717, 1.165) is 18.5 Å². The van der Waals surface area contributed by atoms with E-state index in [0.29, 0.717) is 5.92 Å². The van der Waals surface area contributed by atoms with Crippen molar-refractivity contribution in [2.45, 2.75) is 39.7 Å². The topological polar surface area (TPSA) is 38.9 Å². The number of aromatic nitrogens is 1. The van der Waals surface area contributed by atoms with Crippen LogP contribution in [0.25, 0.3) is 0 Å². The first-order valence-electron chi connectivity index (χ1n) is 5.32. The van der Waals surface area contributed by atoms with Crippen LogP contribution in [0, 0.1) is 5.92 Å². The first-order chi connectivity index (χ1) is 6.63. The van der Waals surface area contributed by atoms with E-state index in [9.17, 15) is 0 Å². The molecule has 0 aliphatic heterocycles. The van der Waals surface area contributed by atoms with Crippen LogP contribution in [0.1, 0.15) is 32.0 Å². The molecule has 78 valence electrons. The lowest BCUT2D eigenvalue weighted by molar-refractivity contribution is 0.477. The van der Waals surface area contributed by atoms with Gasteiger partial charge in [-0.15, -0.1) is 0 Å². The summed E-state index contributed by atoms with van der Waals surface area (Å²) in [5, 5.41) is 0. The third-order valence-corrected chi connectivity index (χ3v) is 2.72. The van der Waals surface area contributed by atoms with Crippen LogP contribution in [0.15, 0.2) is 18.3 Å². The second-order valence-electron chi connectivity index (χ2n) is 4.05. The second-order valence-corrected chi connectivity index (χ2v) is 4.05. The minimum Gasteiger partial charge on any atom is -0.328 e. The van der Waals surface area contributed by atoms with Gasteiger partial charge in [-0.3, -0.25) is 4.98 Å². The van der Waals surface area contributed by atoms with Crippen molar-refractivity contribution in [2.75, 3.05) is 0 Å². The zero-order chi connectivity index (χ0) is 10.6. The van der Waals surface area contributed by atoms with Gasteiger partial charge in [0.15, 0.2) is 0 Å². The Labute approximate surface area is 86.5 Å². The van der Waals surface area contributed by atoms with E-state index in [1.165, 1.54) is 5.56 Å². The Morgan fingerprint density at radius 2 is 2.07 bits per heavy atom. The number of rotatable bonds is 4. The molecular formula is C12H20N2. The smallest absolute Gasteiger partial charge is 0.0407 e. The van der Waals surface area contributed by atoms with Gasteiger partial charge in [-0.2, -0.15) is 0 Å². The molecule has 0 saturated carbocycles. The average Bonchev–Trinajstić information content (AvgIpc) is 2.19. The van der Waals surface area contributed by atoms with E-state index in [1.54, 1.807) is 0 Å². The van der Waals surface area contributed by atoms with E-state index >= 15 is 0 Å². The maximum absolute atomic E-state index is 5.81. The Morgan fingerprint density at radius 1 is 1.36 bits per heavy atom.